The van der Waals surface area contributed by atoms with Crippen molar-refractivity contribution in [2.75, 3.05) is 18.1 Å². The molecule has 5 atom stereocenters. The number of fused-ring (bicyclic) bond motifs is 5. The summed E-state index contributed by atoms with van der Waals surface area (Å²) in [5, 5.41) is 3.54. The lowest BCUT2D eigenvalue weighted by Gasteiger charge is -2.32. The zero-order valence-corrected chi connectivity index (χ0v) is 12.1. The van der Waals surface area contributed by atoms with Crippen LogP contribution in [0.4, 0.5) is 0 Å². The molecular formula is C14H25NO2S. The highest BCUT2D eigenvalue weighted by atomic mass is 32.2. The van der Waals surface area contributed by atoms with Gasteiger partial charge in [-0.3, -0.25) is 0 Å². The van der Waals surface area contributed by atoms with Crippen LogP contribution >= 0.6 is 0 Å². The normalized spacial score (nSPS) is 42.4. The molecule has 3 nitrogen and oxygen atoms in total. The van der Waals surface area contributed by atoms with Crippen LogP contribution in [-0.2, 0) is 9.84 Å². The molecule has 3 rings (SSSR count). The molecular weight excluding hydrogens is 246 g/mol. The van der Waals surface area contributed by atoms with Crippen LogP contribution in [-0.4, -0.2) is 32.5 Å². The van der Waals surface area contributed by atoms with Crippen LogP contribution in [0, 0.1) is 23.7 Å². The van der Waals surface area contributed by atoms with Crippen molar-refractivity contribution in [1.29, 1.82) is 0 Å². The Labute approximate surface area is 111 Å². The van der Waals surface area contributed by atoms with E-state index in [0.29, 0.717) is 18.3 Å². The lowest BCUT2D eigenvalue weighted by molar-refractivity contribution is 0.211. The predicted octanol–water partition coefficient (Wildman–Crippen LogP) is 1.84. The summed E-state index contributed by atoms with van der Waals surface area (Å²) in [5.41, 5.74) is 0. The third kappa shape index (κ3) is 2.22. The Bertz CT molecular complexity index is 406. The average molecular weight is 271 g/mol. The van der Waals surface area contributed by atoms with Crippen molar-refractivity contribution >= 4 is 9.84 Å². The summed E-state index contributed by atoms with van der Waals surface area (Å²) in [5.74, 6) is 4.37. The van der Waals surface area contributed by atoms with E-state index in [1.807, 2.05) is 0 Å². The number of hydrogen-bond donors (Lipinski definition) is 1. The van der Waals surface area contributed by atoms with Crippen LogP contribution in [0.3, 0.4) is 0 Å². The molecule has 3 aliphatic rings. The van der Waals surface area contributed by atoms with Gasteiger partial charge in [0, 0.05) is 18.3 Å². The number of sulfone groups is 1. The largest absolute Gasteiger partial charge is 0.313 e. The molecule has 0 amide bonds. The molecule has 0 aromatic carbocycles. The Morgan fingerprint density at radius 3 is 2.67 bits per heavy atom. The summed E-state index contributed by atoms with van der Waals surface area (Å²) in [6, 6.07) is 0.612. The molecule has 0 aromatic rings. The van der Waals surface area contributed by atoms with E-state index in [1.165, 1.54) is 32.1 Å². The molecule has 3 aliphatic carbocycles. The van der Waals surface area contributed by atoms with Gasteiger partial charge in [-0.2, -0.15) is 0 Å². The van der Waals surface area contributed by atoms with E-state index >= 15 is 0 Å². The molecule has 3 saturated carbocycles. The zero-order valence-electron chi connectivity index (χ0n) is 11.3. The first-order chi connectivity index (χ1) is 8.61. The van der Waals surface area contributed by atoms with Gasteiger partial charge in [-0.05, 0) is 49.4 Å². The lowest BCUT2D eigenvalue weighted by Crippen LogP contribution is -2.41. The van der Waals surface area contributed by atoms with Gasteiger partial charge in [0.05, 0.1) is 5.75 Å². The second kappa shape index (κ2) is 4.78. The molecule has 0 radical (unpaired) electrons. The smallest absolute Gasteiger partial charge is 0.151 e. The van der Waals surface area contributed by atoms with Crippen molar-refractivity contribution in [2.45, 2.75) is 45.1 Å². The SMILES string of the molecule is CCS(=O)(=O)CCN[C@@H]1C[C@H]2C[C@H]1[C@H]1CCC[C@@H]21. The van der Waals surface area contributed by atoms with Gasteiger partial charge < -0.3 is 5.32 Å². The fourth-order valence-corrected chi connectivity index (χ4v) is 5.56. The van der Waals surface area contributed by atoms with E-state index in [9.17, 15) is 8.42 Å². The van der Waals surface area contributed by atoms with Crippen LogP contribution < -0.4 is 5.32 Å². The first-order valence-corrected chi connectivity index (χ1v) is 9.36. The highest BCUT2D eigenvalue weighted by Gasteiger charge is 2.53. The maximum absolute atomic E-state index is 11.5. The maximum Gasteiger partial charge on any atom is 0.151 e. The Morgan fingerprint density at radius 1 is 1.11 bits per heavy atom. The van der Waals surface area contributed by atoms with Crippen LogP contribution in [0.5, 0.6) is 0 Å². The molecule has 2 bridgehead atoms. The number of rotatable bonds is 5. The monoisotopic (exact) mass is 271 g/mol. The third-order valence-electron chi connectivity index (χ3n) is 5.69. The van der Waals surface area contributed by atoms with Gasteiger partial charge in [0.15, 0.2) is 9.84 Å². The fourth-order valence-electron chi connectivity index (χ4n) is 4.85. The molecule has 0 heterocycles. The van der Waals surface area contributed by atoms with Gasteiger partial charge in [0.2, 0.25) is 0 Å². The van der Waals surface area contributed by atoms with E-state index in [1.54, 1.807) is 6.92 Å². The third-order valence-corrected chi connectivity index (χ3v) is 7.39. The molecule has 3 fully saturated rings. The Hall–Kier alpha value is -0.0900. The topological polar surface area (TPSA) is 46.2 Å². The zero-order chi connectivity index (χ0) is 12.8. The number of hydrogen-bond acceptors (Lipinski definition) is 3. The van der Waals surface area contributed by atoms with Gasteiger partial charge in [-0.15, -0.1) is 0 Å². The second-order valence-corrected chi connectivity index (χ2v) is 8.92. The summed E-state index contributed by atoms with van der Waals surface area (Å²) in [7, 11) is -2.80. The van der Waals surface area contributed by atoms with Gasteiger partial charge in [-0.1, -0.05) is 13.3 Å². The maximum atomic E-state index is 11.5. The van der Waals surface area contributed by atoms with Crippen molar-refractivity contribution in [1.82, 2.24) is 5.32 Å². The molecule has 18 heavy (non-hydrogen) atoms. The quantitative estimate of drug-likeness (QED) is 0.830. The average Bonchev–Trinajstić information content (AvgIpc) is 3.00. The van der Waals surface area contributed by atoms with Crippen LogP contribution in [0.2, 0.25) is 0 Å². The van der Waals surface area contributed by atoms with E-state index in [2.05, 4.69) is 5.32 Å². The highest BCUT2D eigenvalue weighted by Crippen LogP contribution is 2.58. The highest BCUT2D eigenvalue weighted by molar-refractivity contribution is 7.91. The van der Waals surface area contributed by atoms with E-state index in [0.717, 1.165) is 23.7 Å². The van der Waals surface area contributed by atoms with Crippen molar-refractivity contribution in [3.63, 3.8) is 0 Å². The lowest BCUT2D eigenvalue weighted by atomic mass is 9.79. The summed E-state index contributed by atoms with van der Waals surface area (Å²) >= 11 is 0. The predicted molar refractivity (Wildman–Crippen MR) is 73.2 cm³/mol. The van der Waals surface area contributed by atoms with Gasteiger partial charge in [0.1, 0.15) is 0 Å². The summed E-state index contributed by atoms with van der Waals surface area (Å²) in [4.78, 5) is 0. The van der Waals surface area contributed by atoms with Crippen molar-refractivity contribution in [3.8, 4) is 0 Å². The first-order valence-electron chi connectivity index (χ1n) is 7.54. The summed E-state index contributed by atoms with van der Waals surface area (Å²) in [6.45, 7) is 2.39. The van der Waals surface area contributed by atoms with Crippen LogP contribution in [0.25, 0.3) is 0 Å². The van der Waals surface area contributed by atoms with Crippen LogP contribution in [0.15, 0.2) is 0 Å². The van der Waals surface area contributed by atoms with Crippen molar-refractivity contribution in [2.24, 2.45) is 23.7 Å². The second-order valence-electron chi connectivity index (χ2n) is 6.45. The van der Waals surface area contributed by atoms with Gasteiger partial charge in [-0.25, -0.2) is 8.42 Å². The molecule has 0 aliphatic heterocycles. The Kier molecular flexibility index (Phi) is 3.43. The van der Waals surface area contributed by atoms with Crippen molar-refractivity contribution in [3.05, 3.63) is 0 Å². The number of nitrogens with one attached hydrogen (secondary N) is 1. The molecule has 0 aromatic heterocycles. The van der Waals surface area contributed by atoms with Crippen molar-refractivity contribution < 1.29 is 8.42 Å². The molecule has 0 spiro atoms. The molecule has 0 saturated heterocycles. The molecule has 4 heteroatoms. The minimum absolute atomic E-state index is 0.274. The minimum Gasteiger partial charge on any atom is -0.313 e. The standard InChI is InChI=1S/C14H25NO2S/c1-2-18(16,17)7-6-15-14-9-10-8-13(14)12-5-3-4-11(10)12/h10-15H,2-9H2,1H3/t10-,11+,12+,13+,14-/m1/s1. The van der Waals surface area contributed by atoms with Gasteiger partial charge >= 0.3 is 0 Å². The first kappa shape index (κ1) is 12.9. The van der Waals surface area contributed by atoms with E-state index in [4.69, 9.17) is 0 Å². The van der Waals surface area contributed by atoms with Gasteiger partial charge in [0.25, 0.3) is 0 Å². The van der Waals surface area contributed by atoms with E-state index < -0.39 is 9.84 Å². The summed E-state index contributed by atoms with van der Waals surface area (Å²) in [6.07, 6.45) is 7.03. The Morgan fingerprint density at radius 2 is 1.89 bits per heavy atom. The Balaban J connectivity index is 1.51. The minimum atomic E-state index is -2.80. The fraction of sp³-hybridized carbons (Fsp3) is 1.00. The van der Waals surface area contributed by atoms with E-state index in [-0.39, 0.29) is 5.75 Å². The molecule has 0 unspecified atom stereocenters. The van der Waals surface area contributed by atoms with Crippen LogP contribution in [0.1, 0.15) is 39.0 Å². The molecule has 1 N–H and O–H groups in total. The summed E-state index contributed by atoms with van der Waals surface area (Å²) < 4.78 is 23.0. The molecule has 104 valence electrons.